The third kappa shape index (κ3) is 3.16. The van der Waals surface area contributed by atoms with Gasteiger partial charge < -0.3 is 24.4 Å². The number of methoxy groups -OCH3 is 2. The number of nitrogens with zero attached hydrogens (tertiary/aromatic N) is 1. The fraction of sp³-hybridized carbons (Fsp3) is 0.522. The Labute approximate surface area is 181 Å². The van der Waals surface area contributed by atoms with Crippen LogP contribution in [0.1, 0.15) is 32.8 Å². The highest BCUT2D eigenvalue weighted by atomic mass is 16.6. The predicted molar refractivity (Wildman–Crippen MR) is 112 cm³/mol. The van der Waals surface area contributed by atoms with E-state index in [-0.39, 0.29) is 0 Å². The number of carbonyl (C=O) groups is 3. The SMILES string of the molecule is COC(=O)C1=C[C@@H](C(=O)OC)[C@H]2N(C(=O)OC(C)(C)C)CC[C@@]23c2ccccc2N[C@@H]13. The van der Waals surface area contributed by atoms with Crippen molar-refractivity contribution in [1.82, 2.24) is 4.90 Å². The molecule has 166 valence electrons. The summed E-state index contributed by atoms with van der Waals surface area (Å²) in [5.41, 5.74) is 0.852. The highest BCUT2D eigenvalue weighted by Crippen LogP contribution is 2.57. The quantitative estimate of drug-likeness (QED) is 0.572. The molecule has 1 fully saturated rings. The first-order valence-electron chi connectivity index (χ1n) is 10.4. The molecule has 1 spiro atoms. The number of carbonyl (C=O) groups excluding carboxylic acids is 3. The largest absolute Gasteiger partial charge is 0.469 e. The molecular formula is C23H28N2O6. The molecule has 4 rings (SSSR count). The molecule has 1 amide bonds. The Morgan fingerprint density at radius 1 is 1.13 bits per heavy atom. The fourth-order valence-corrected chi connectivity index (χ4v) is 5.35. The van der Waals surface area contributed by atoms with E-state index < -0.39 is 47.0 Å². The van der Waals surface area contributed by atoms with Gasteiger partial charge in [0.25, 0.3) is 0 Å². The van der Waals surface area contributed by atoms with Gasteiger partial charge in [-0.05, 0) is 38.8 Å². The van der Waals surface area contributed by atoms with E-state index in [4.69, 9.17) is 14.2 Å². The molecule has 1 aromatic carbocycles. The van der Waals surface area contributed by atoms with E-state index in [1.54, 1.807) is 31.7 Å². The highest BCUT2D eigenvalue weighted by molar-refractivity contribution is 5.95. The van der Waals surface area contributed by atoms with Crippen LogP contribution in [-0.4, -0.2) is 61.4 Å². The summed E-state index contributed by atoms with van der Waals surface area (Å²) < 4.78 is 15.8. The second-order valence-electron chi connectivity index (χ2n) is 9.19. The fourth-order valence-electron chi connectivity index (χ4n) is 5.35. The average molecular weight is 428 g/mol. The maximum Gasteiger partial charge on any atom is 0.410 e. The summed E-state index contributed by atoms with van der Waals surface area (Å²) in [5.74, 6) is -1.85. The van der Waals surface area contributed by atoms with Crippen molar-refractivity contribution in [3.8, 4) is 0 Å². The maximum atomic E-state index is 13.2. The molecule has 31 heavy (non-hydrogen) atoms. The number of likely N-dealkylation sites (tertiary alicyclic amines) is 1. The van der Waals surface area contributed by atoms with Crippen LogP contribution >= 0.6 is 0 Å². The summed E-state index contributed by atoms with van der Waals surface area (Å²) in [5, 5.41) is 3.45. The van der Waals surface area contributed by atoms with Crippen molar-refractivity contribution in [1.29, 1.82) is 0 Å². The number of rotatable bonds is 2. The predicted octanol–water partition coefficient (Wildman–Crippen LogP) is 2.63. The molecule has 1 saturated heterocycles. The lowest BCUT2D eigenvalue weighted by Gasteiger charge is -2.45. The maximum absolute atomic E-state index is 13.2. The van der Waals surface area contributed by atoms with E-state index >= 15 is 0 Å². The van der Waals surface area contributed by atoms with E-state index in [1.807, 2.05) is 24.3 Å². The lowest BCUT2D eigenvalue weighted by molar-refractivity contribution is -0.146. The second-order valence-corrected chi connectivity index (χ2v) is 9.19. The molecule has 3 aliphatic rings. The molecule has 8 heteroatoms. The Morgan fingerprint density at radius 2 is 1.84 bits per heavy atom. The Bertz CT molecular complexity index is 965. The van der Waals surface area contributed by atoms with Crippen molar-refractivity contribution < 1.29 is 28.6 Å². The van der Waals surface area contributed by atoms with Crippen molar-refractivity contribution in [3.05, 3.63) is 41.5 Å². The van der Waals surface area contributed by atoms with Gasteiger partial charge in [0.1, 0.15) is 5.60 Å². The molecule has 2 aliphatic heterocycles. The van der Waals surface area contributed by atoms with Gasteiger partial charge in [-0.3, -0.25) is 4.79 Å². The first-order valence-corrected chi connectivity index (χ1v) is 10.4. The van der Waals surface area contributed by atoms with Gasteiger partial charge in [-0.1, -0.05) is 24.3 Å². The molecular weight excluding hydrogens is 400 g/mol. The van der Waals surface area contributed by atoms with Crippen LogP contribution in [0.15, 0.2) is 35.9 Å². The van der Waals surface area contributed by atoms with Crippen molar-refractivity contribution >= 4 is 23.7 Å². The Morgan fingerprint density at radius 3 is 2.48 bits per heavy atom. The van der Waals surface area contributed by atoms with Crippen LogP contribution in [0.25, 0.3) is 0 Å². The van der Waals surface area contributed by atoms with Gasteiger partial charge in [0.05, 0.1) is 37.8 Å². The summed E-state index contributed by atoms with van der Waals surface area (Å²) >= 11 is 0. The summed E-state index contributed by atoms with van der Waals surface area (Å²) in [6.07, 6.45) is 1.67. The number of anilines is 1. The summed E-state index contributed by atoms with van der Waals surface area (Å²) in [6.45, 7) is 5.81. The van der Waals surface area contributed by atoms with E-state index in [0.29, 0.717) is 18.5 Å². The number of hydrogen-bond donors (Lipinski definition) is 1. The number of fused-ring (bicyclic) bond motifs is 1. The molecule has 1 aromatic rings. The minimum absolute atomic E-state index is 0.372. The third-order valence-corrected chi connectivity index (χ3v) is 6.41. The van der Waals surface area contributed by atoms with Crippen molar-refractivity contribution in [2.45, 2.75) is 50.3 Å². The standard InChI is InChI=1S/C23H28N2O6/c1-22(2,3)31-21(28)25-11-10-23-15-8-6-7-9-16(15)24-17(23)13(19(26)29-4)12-14(18(23)25)20(27)30-5/h6-9,12,14,17-18,24H,10-11H2,1-5H3/t14-,17+,18-,23+/m1/s1. The molecule has 1 N–H and O–H groups in total. The summed E-state index contributed by atoms with van der Waals surface area (Å²) in [4.78, 5) is 40.4. The molecule has 4 atom stereocenters. The van der Waals surface area contributed by atoms with Crippen LogP contribution in [-0.2, 0) is 29.2 Å². The zero-order valence-electron chi connectivity index (χ0n) is 18.4. The third-order valence-electron chi connectivity index (χ3n) is 6.41. The number of hydrogen-bond acceptors (Lipinski definition) is 7. The molecule has 8 nitrogen and oxygen atoms in total. The van der Waals surface area contributed by atoms with Crippen molar-refractivity contribution in [3.63, 3.8) is 0 Å². The average Bonchev–Trinajstić information content (AvgIpc) is 3.28. The molecule has 0 unspecified atom stereocenters. The van der Waals surface area contributed by atoms with Gasteiger partial charge in [-0.25, -0.2) is 9.59 Å². The van der Waals surface area contributed by atoms with Crippen molar-refractivity contribution in [2.75, 3.05) is 26.1 Å². The van der Waals surface area contributed by atoms with Gasteiger partial charge in [-0.2, -0.15) is 0 Å². The normalized spacial score (nSPS) is 28.5. The van der Waals surface area contributed by atoms with E-state index in [0.717, 1.165) is 11.3 Å². The van der Waals surface area contributed by atoms with Crippen LogP contribution in [0.2, 0.25) is 0 Å². The van der Waals surface area contributed by atoms with Crippen molar-refractivity contribution in [2.24, 2.45) is 5.92 Å². The van der Waals surface area contributed by atoms with E-state index in [9.17, 15) is 14.4 Å². The summed E-state index contributed by atoms with van der Waals surface area (Å²) in [7, 11) is 2.62. The number of benzene rings is 1. The van der Waals surface area contributed by atoms with E-state index in [1.165, 1.54) is 14.2 Å². The molecule has 1 aliphatic carbocycles. The minimum atomic E-state index is -0.835. The van der Waals surface area contributed by atoms with E-state index in [2.05, 4.69) is 5.32 Å². The molecule has 0 saturated carbocycles. The zero-order valence-corrected chi connectivity index (χ0v) is 18.4. The Balaban J connectivity index is 1.90. The number of esters is 2. The monoisotopic (exact) mass is 428 g/mol. The van der Waals surface area contributed by atoms with Crippen LogP contribution in [0.3, 0.4) is 0 Å². The van der Waals surface area contributed by atoms with Gasteiger partial charge in [0, 0.05) is 17.6 Å². The smallest absolute Gasteiger partial charge is 0.410 e. The number of para-hydroxylation sites is 1. The Kier molecular flexibility index (Phi) is 4.98. The van der Waals surface area contributed by atoms with Crippen LogP contribution in [0.5, 0.6) is 0 Å². The second kappa shape index (κ2) is 7.28. The topological polar surface area (TPSA) is 94.2 Å². The molecule has 2 heterocycles. The number of ether oxygens (including phenoxy) is 3. The lowest BCUT2D eigenvalue weighted by atomic mass is 9.61. The summed E-state index contributed by atoms with van der Waals surface area (Å²) in [6, 6.07) is 6.77. The van der Waals surface area contributed by atoms with Crippen LogP contribution in [0.4, 0.5) is 10.5 Å². The van der Waals surface area contributed by atoms with Gasteiger partial charge in [0.2, 0.25) is 0 Å². The minimum Gasteiger partial charge on any atom is -0.469 e. The number of amides is 1. The first-order chi connectivity index (χ1) is 14.6. The molecule has 0 aromatic heterocycles. The highest BCUT2D eigenvalue weighted by Gasteiger charge is 2.65. The number of nitrogens with one attached hydrogen (secondary N) is 1. The molecule has 0 radical (unpaired) electrons. The van der Waals surface area contributed by atoms with Gasteiger partial charge in [-0.15, -0.1) is 0 Å². The van der Waals surface area contributed by atoms with Gasteiger partial charge in [0.15, 0.2) is 0 Å². The van der Waals surface area contributed by atoms with Gasteiger partial charge >= 0.3 is 18.0 Å². The lowest BCUT2D eigenvalue weighted by Crippen LogP contribution is -2.60. The van der Waals surface area contributed by atoms with Crippen LogP contribution < -0.4 is 5.32 Å². The first kappa shape index (κ1) is 21.2. The zero-order chi connectivity index (χ0) is 22.6. The molecule has 0 bridgehead atoms. The Hall–Kier alpha value is -3.03. The van der Waals surface area contributed by atoms with Crippen LogP contribution in [0, 0.1) is 5.92 Å².